The number of methoxy groups -OCH3 is 1. The van der Waals surface area contributed by atoms with Gasteiger partial charge in [0.25, 0.3) is 5.91 Å². The normalized spacial score (nSPS) is 16.3. The van der Waals surface area contributed by atoms with Gasteiger partial charge < -0.3 is 14.7 Å². The van der Waals surface area contributed by atoms with Crippen LogP contribution in [0.2, 0.25) is 0 Å². The Labute approximate surface area is 172 Å². The minimum Gasteiger partial charge on any atom is -0.503 e. The van der Waals surface area contributed by atoms with Gasteiger partial charge in [-0.05, 0) is 41.5 Å². The van der Waals surface area contributed by atoms with Crippen molar-refractivity contribution in [2.24, 2.45) is 0 Å². The Kier molecular flexibility index (Phi) is 5.23. The van der Waals surface area contributed by atoms with Gasteiger partial charge in [0.05, 0.1) is 13.2 Å². The van der Waals surface area contributed by atoms with Crippen molar-refractivity contribution < 1.29 is 23.4 Å². The lowest BCUT2D eigenvalue weighted by Crippen LogP contribution is -2.30. The van der Waals surface area contributed by atoms with Crippen molar-refractivity contribution in [1.29, 1.82) is 0 Å². The largest absolute Gasteiger partial charge is 0.503 e. The number of benzene rings is 3. The third-order valence-corrected chi connectivity index (χ3v) is 5.15. The summed E-state index contributed by atoms with van der Waals surface area (Å²) < 4.78 is 33.4. The summed E-state index contributed by atoms with van der Waals surface area (Å²) in [6.07, 6.45) is 0. The van der Waals surface area contributed by atoms with Crippen molar-refractivity contribution in [2.75, 3.05) is 7.11 Å². The van der Waals surface area contributed by atoms with E-state index in [0.717, 1.165) is 5.56 Å². The van der Waals surface area contributed by atoms with E-state index in [4.69, 9.17) is 4.74 Å². The fraction of sp³-hybridized carbons (Fsp3) is 0.125. The van der Waals surface area contributed by atoms with Gasteiger partial charge in [-0.15, -0.1) is 0 Å². The van der Waals surface area contributed by atoms with Crippen LogP contribution in [-0.4, -0.2) is 23.0 Å². The molecule has 6 heteroatoms. The molecule has 0 spiro atoms. The quantitative estimate of drug-likeness (QED) is 0.646. The van der Waals surface area contributed by atoms with Gasteiger partial charge in [0.1, 0.15) is 17.4 Å². The van der Waals surface area contributed by atoms with Crippen molar-refractivity contribution in [3.63, 3.8) is 0 Å². The molecule has 0 aliphatic carbocycles. The number of amides is 1. The minimum atomic E-state index is -0.865. The second kappa shape index (κ2) is 7.99. The number of aliphatic hydroxyl groups excluding tert-OH is 1. The molecule has 0 saturated heterocycles. The van der Waals surface area contributed by atoms with E-state index in [1.54, 1.807) is 43.5 Å². The first-order valence-electron chi connectivity index (χ1n) is 9.37. The summed E-state index contributed by atoms with van der Waals surface area (Å²) in [4.78, 5) is 14.4. The Balaban J connectivity index is 1.82. The summed E-state index contributed by atoms with van der Waals surface area (Å²) in [5, 5.41) is 10.7. The minimum absolute atomic E-state index is 0.129. The molecule has 1 atom stereocenters. The molecule has 0 fully saturated rings. The highest BCUT2D eigenvalue weighted by Gasteiger charge is 2.42. The summed E-state index contributed by atoms with van der Waals surface area (Å²) in [6, 6.07) is 17.8. The van der Waals surface area contributed by atoms with E-state index in [1.165, 1.54) is 35.2 Å². The maximum Gasteiger partial charge on any atom is 0.290 e. The second-order valence-electron chi connectivity index (χ2n) is 6.98. The molecule has 0 radical (unpaired) electrons. The molecule has 1 aliphatic rings. The lowest BCUT2D eigenvalue weighted by atomic mass is 9.93. The molecule has 4 nitrogen and oxygen atoms in total. The monoisotopic (exact) mass is 407 g/mol. The SMILES string of the molecule is COc1cccc(CN2C(=O)C(O)=C(c3ccc(F)cc3)[C@H]2c2ccccc2F)c1. The van der Waals surface area contributed by atoms with E-state index < -0.39 is 29.3 Å². The first-order chi connectivity index (χ1) is 14.5. The smallest absolute Gasteiger partial charge is 0.290 e. The van der Waals surface area contributed by atoms with Crippen LogP contribution in [0.5, 0.6) is 5.75 Å². The van der Waals surface area contributed by atoms with Gasteiger partial charge in [-0.2, -0.15) is 0 Å². The Hall–Kier alpha value is -3.67. The van der Waals surface area contributed by atoms with Crippen molar-refractivity contribution in [2.45, 2.75) is 12.6 Å². The number of carbonyl (C=O) groups excluding carboxylic acids is 1. The van der Waals surface area contributed by atoms with Gasteiger partial charge in [0.15, 0.2) is 5.76 Å². The highest BCUT2D eigenvalue weighted by molar-refractivity contribution is 6.05. The molecule has 0 bridgehead atoms. The van der Waals surface area contributed by atoms with Crippen LogP contribution in [0.1, 0.15) is 22.7 Å². The summed E-state index contributed by atoms with van der Waals surface area (Å²) >= 11 is 0. The topological polar surface area (TPSA) is 49.8 Å². The first-order valence-corrected chi connectivity index (χ1v) is 9.37. The number of hydrogen-bond donors (Lipinski definition) is 1. The fourth-order valence-electron chi connectivity index (χ4n) is 3.73. The van der Waals surface area contributed by atoms with Crippen molar-refractivity contribution in [3.05, 3.63) is 107 Å². The second-order valence-corrected chi connectivity index (χ2v) is 6.98. The molecule has 1 amide bonds. The first kappa shape index (κ1) is 19.6. The molecule has 0 unspecified atom stereocenters. The number of carbonyl (C=O) groups is 1. The highest BCUT2D eigenvalue weighted by Crippen LogP contribution is 2.44. The van der Waals surface area contributed by atoms with Gasteiger partial charge >= 0.3 is 0 Å². The number of rotatable bonds is 5. The molecule has 1 aliphatic heterocycles. The average molecular weight is 407 g/mol. The average Bonchev–Trinajstić information content (AvgIpc) is 3.00. The molecule has 152 valence electrons. The molecular formula is C24H19F2NO3. The van der Waals surface area contributed by atoms with Gasteiger partial charge in [0.2, 0.25) is 0 Å². The maximum atomic E-state index is 14.8. The third kappa shape index (κ3) is 3.52. The fourth-order valence-corrected chi connectivity index (χ4v) is 3.73. The van der Waals surface area contributed by atoms with E-state index in [1.807, 2.05) is 6.07 Å². The highest BCUT2D eigenvalue weighted by atomic mass is 19.1. The van der Waals surface area contributed by atoms with Gasteiger partial charge in [-0.3, -0.25) is 4.79 Å². The standard InChI is InChI=1S/C24H19F2NO3/c1-30-18-6-4-5-15(13-18)14-27-22(19-7-2-3-8-20(19)26)21(23(28)24(27)29)16-9-11-17(25)12-10-16/h2-13,22,28H,14H2,1H3/t22-/m1/s1. The zero-order valence-electron chi connectivity index (χ0n) is 16.2. The van der Waals surface area contributed by atoms with Crippen LogP contribution in [0.25, 0.3) is 5.57 Å². The van der Waals surface area contributed by atoms with Crippen LogP contribution in [0.15, 0.2) is 78.6 Å². The van der Waals surface area contributed by atoms with Crippen LogP contribution in [0.3, 0.4) is 0 Å². The van der Waals surface area contributed by atoms with Gasteiger partial charge in [-0.1, -0.05) is 42.5 Å². The number of hydrogen-bond acceptors (Lipinski definition) is 3. The number of aliphatic hydroxyl groups is 1. The van der Waals surface area contributed by atoms with E-state index in [9.17, 15) is 18.7 Å². The summed E-state index contributed by atoms with van der Waals surface area (Å²) in [6.45, 7) is 0.129. The lowest BCUT2D eigenvalue weighted by Gasteiger charge is -2.28. The third-order valence-electron chi connectivity index (χ3n) is 5.15. The number of ether oxygens (including phenoxy) is 1. The summed E-state index contributed by atoms with van der Waals surface area (Å²) in [5.74, 6) is -1.42. The molecule has 0 saturated carbocycles. The predicted octanol–water partition coefficient (Wildman–Crippen LogP) is 5.03. The zero-order chi connectivity index (χ0) is 21.3. The Morgan fingerprint density at radius 1 is 1.00 bits per heavy atom. The van der Waals surface area contributed by atoms with Crippen molar-refractivity contribution in [3.8, 4) is 5.75 Å². The zero-order valence-corrected chi connectivity index (χ0v) is 16.2. The van der Waals surface area contributed by atoms with Crippen molar-refractivity contribution in [1.82, 2.24) is 4.90 Å². The van der Waals surface area contributed by atoms with Crippen LogP contribution in [0, 0.1) is 11.6 Å². The summed E-state index contributed by atoms with van der Waals surface area (Å²) in [5.41, 5.74) is 1.70. The van der Waals surface area contributed by atoms with Crippen LogP contribution in [0.4, 0.5) is 8.78 Å². The van der Waals surface area contributed by atoms with E-state index >= 15 is 0 Å². The van der Waals surface area contributed by atoms with Gasteiger partial charge in [0, 0.05) is 17.7 Å². The van der Waals surface area contributed by atoms with E-state index in [0.29, 0.717) is 11.3 Å². The molecule has 3 aromatic rings. The van der Waals surface area contributed by atoms with Crippen LogP contribution >= 0.6 is 0 Å². The number of halogens is 2. The lowest BCUT2D eigenvalue weighted by molar-refractivity contribution is -0.130. The van der Waals surface area contributed by atoms with Gasteiger partial charge in [-0.25, -0.2) is 8.78 Å². The molecule has 4 rings (SSSR count). The van der Waals surface area contributed by atoms with Crippen LogP contribution < -0.4 is 4.74 Å². The molecular weight excluding hydrogens is 388 g/mol. The van der Waals surface area contributed by atoms with E-state index in [2.05, 4.69) is 0 Å². The molecule has 3 aromatic carbocycles. The molecule has 30 heavy (non-hydrogen) atoms. The predicted molar refractivity (Wildman–Crippen MR) is 109 cm³/mol. The molecule has 0 aromatic heterocycles. The Morgan fingerprint density at radius 3 is 2.43 bits per heavy atom. The maximum absolute atomic E-state index is 14.8. The number of nitrogens with zero attached hydrogens (tertiary/aromatic N) is 1. The summed E-state index contributed by atoms with van der Waals surface area (Å²) in [7, 11) is 1.54. The van der Waals surface area contributed by atoms with Crippen LogP contribution in [-0.2, 0) is 11.3 Å². The molecule has 1 N–H and O–H groups in total. The molecule has 1 heterocycles. The van der Waals surface area contributed by atoms with E-state index in [-0.39, 0.29) is 17.7 Å². The van der Waals surface area contributed by atoms with Crippen molar-refractivity contribution >= 4 is 11.5 Å². The Bertz CT molecular complexity index is 1130. The Morgan fingerprint density at radius 2 is 1.73 bits per heavy atom.